The van der Waals surface area contributed by atoms with Crippen LogP contribution >= 0.6 is 0 Å². The van der Waals surface area contributed by atoms with Crippen LogP contribution in [0.25, 0.3) is 0 Å². The standard InChI is InChI=1S/C9H12N4/c1-8-4-6-11-13(8)9(2)12-7-3-5-10-12/h3-7,9H,1-2H3. The first kappa shape index (κ1) is 8.04. The Morgan fingerprint density at radius 3 is 2.69 bits per heavy atom. The summed E-state index contributed by atoms with van der Waals surface area (Å²) in [6, 6.07) is 3.90. The molecule has 2 aromatic heterocycles. The summed E-state index contributed by atoms with van der Waals surface area (Å²) < 4.78 is 3.81. The normalized spacial score (nSPS) is 13.1. The fraction of sp³-hybridized carbons (Fsp3) is 0.333. The van der Waals surface area contributed by atoms with Crippen LogP contribution in [-0.2, 0) is 0 Å². The van der Waals surface area contributed by atoms with Crippen LogP contribution in [0.1, 0.15) is 18.8 Å². The molecule has 1 atom stereocenters. The Kier molecular flexibility index (Phi) is 1.88. The molecule has 2 heterocycles. The molecule has 0 amide bonds. The number of nitrogens with zero attached hydrogens (tertiary/aromatic N) is 4. The second-order valence-electron chi connectivity index (χ2n) is 3.04. The van der Waals surface area contributed by atoms with Gasteiger partial charge < -0.3 is 0 Å². The molecule has 0 aromatic carbocycles. The summed E-state index contributed by atoms with van der Waals surface area (Å²) in [5, 5.41) is 8.40. The largest absolute Gasteiger partial charge is 0.248 e. The summed E-state index contributed by atoms with van der Waals surface area (Å²) in [5.41, 5.74) is 1.14. The van der Waals surface area contributed by atoms with Crippen LogP contribution < -0.4 is 0 Å². The Bertz CT molecular complexity index is 374. The van der Waals surface area contributed by atoms with Gasteiger partial charge in [-0.15, -0.1) is 0 Å². The molecule has 13 heavy (non-hydrogen) atoms. The molecule has 2 aromatic rings. The lowest BCUT2D eigenvalue weighted by Gasteiger charge is -2.14. The van der Waals surface area contributed by atoms with Crippen molar-refractivity contribution in [2.45, 2.75) is 20.0 Å². The average Bonchev–Trinajstić information content (AvgIpc) is 2.72. The summed E-state index contributed by atoms with van der Waals surface area (Å²) >= 11 is 0. The van der Waals surface area contributed by atoms with Crippen molar-refractivity contribution in [1.29, 1.82) is 0 Å². The van der Waals surface area contributed by atoms with E-state index in [9.17, 15) is 0 Å². The van der Waals surface area contributed by atoms with Crippen molar-refractivity contribution in [1.82, 2.24) is 19.6 Å². The lowest BCUT2D eigenvalue weighted by Crippen LogP contribution is -2.17. The monoisotopic (exact) mass is 176 g/mol. The van der Waals surface area contributed by atoms with Gasteiger partial charge >= 0.3 is 0 Å². The van der Waals surface area contributed by atoms with Crippen LogP contribution in [0.5, 0.6) is 0 Å². The van der Waals surface area contributed by atoms with Gasteiger partial charge in [-0.3, -0.25) is 0 Å². The molecule has 0 spiro atoms. The van der Waals surface area contributed by atoms with Gasteiger partial charge in [-0.05, 0) is 26.0 Å². The van der Waals surface area contributed by atoms with E-state index in [2.05, 4.69) is 17.1 Å². The van der Waals surface area contributed by atoms with E-state index in [1.807, 2.05) is 34.6 Å². The van der Waals surface area contributed by atoms with Crippen LogP contribution in [0.15, 0.2) is 30.7 Å². The lowest BCUT2D eigenvalue weighted by molar-refractivity contribution is 0.383. The Balaban J connectivity index is 2.33. The number of aryl methyl sites for hydroxylation is 1. The van der Waals surface area contributed by atoms with Crippen LogP contribution in [0.2, 0.25) is 0 Å². The maximum atomic E-state index is 4.23. The molecule has 0 aliphatic carbocycles. The number of rotatable bonds is 2. The molecule has 68 valence electrons. The highest BCUT2D eigenvalue weighted by molar-refractivity contribution is 4.98. The van der Waals surface area contributed by atoms with E-state index in [0.29, 0.717) is 0 Å². The molecule has 0 saturated heterocycles. The second kappa shape index (κ2) is 3.05. The fourth-order valence-electron chi connectivity index (χ4n) is 1.39. The smallest absolute Gasteiger partial charge is 0.140 e. The minimum atomic E-state index is 0.144. The zero-order valence-electron chi connectivity index (χ0n) is 7.75. The summed E-state index contributed by atoms with van der Waals surface area (Å²) in [7, 11) is 0. The molecule has 0 radical (unpaired) electrons. The molecule has 0 fully saturated rings. The molecular formula is C9H12N4. The first-order valence-corrected chi connectivity index (χ1v) is 4.28. The van der Waals surface area contributed by atoms with Gasteiger partial charge in [0.05, 0.1) is 0 Å². The highest BCUT2D eigenvalue weighted by atomic mass is 15.4. The average molecular weight is 176 g/mol. The first-order chi connectivity index (χ1) is 6.29. The van der Waals surface area contributed by atoms with Crippen molar-refractivity contribution < 1.29 is 0 Å². The van der Waals surface area contributed by atoms with Crippen molar-refractivity contribution in [2.24, 2.45) is 0 Å². The van der Waals surface area contributed by atoms with E-state index in [1.165, 1.54) is 0 Å². The predicted octanol–water partition coefficient (Wildman–Crippen LogP) is 1.45. The van der Waals surface area contributed by atoms with Crippen LogP contribution in [-0.4, -0.2) is 19.6 Å². The highest BCUT2D eigenvalue weighted by Gasteiger charge is 2.08. The predicted molar refractivity (Wildman–Crippen MR) is 49.3 cm³/mol. The third-order valence-corrected chi connectivity index (χ3v) is 2.13. The van der Waals surface area contributed by atoms with E-state index in [0.717, 1.165) is 5.69 Å². The minimum absolute atomic E-state index is 0.144. The molecule has 1 unspecified atom stereocenters. The van der Waals surface area contributed by atoms with Gasteiger partial charge in [0.15, 0.2) is 0 Å². The van der Waals surface area contributed by atoms with E-state index >= 15 is 0 Å². The van der Waals surface area contributed by atoms with Crippen molar-refractivity contribution in [3.05, 3.63) is 36.4 Å². The Morgan fingerprint density at radius 1 is 1.31 bits per heavy atom. The molecule has 0 aliphatic heterocycles. The van der Waals surface area contributed by atoms with Gasteiger partial charge in [0.25, 0.3) is 0 Å². The van der Waals surface area contributed by atoms with Crippen molar-refractivity contribution in [2.75, 3.05) is 0 Å². The SMILES string of the molecule is Cc1ccnn1C(C)n1cccn1. The quantitative estimate of drug-likeness (QED) is 0.694. The van der Waals surface area contributed by atoms with E-state index in [4.69, 9.17) is 0 Å². The van der Waals surface area contributed by atoms with Crippen LogP contribution in [0.4, 0.5) is 0 Å². The molecule has 0 saturated carbocycles. The molecular weight excluding hydrogens is 164 g/mol. The fourth-order valence-corrected chi connectivity index (χ4v) is 1.39. The third kappa shape index (κ3) is 1.35. The summed E-state index contributed by atoms with van der Waals surface area (Å²) in [5.74, 6) is 0. The van der Waals surface area contributed by atoms with Gasteiger partial charge in [0, 0.05) is 24.3 Å². The van der Waals surface area contributed by atoms with Crippen molar-refractivity contribution in [3.63, 3.8) is 0 Å². The van der Waals surface area contributed by atoms with Crippen molar-refractivity contribution >= 4 is 0 Å². The number of aromatic nitrogens is 4. The van der Waals surface area contributed by atoms with Gasteiger partial charge in [-0.2, -0.15) is 10.2 Å². The minimum Gasteiger partial charge on any atom is -0.248 e. The topological polar surface area (TPSA) is 35.6 Å². The van der Waals surface area contributed by atoms with Gasteiger partial charge in [0.2, 0.25) is 0 Å². The maximum Gasteiger partial charge on any atom is 0.140 e. The third-order valence-electron chi connectivity index (χ3n) is 2.13. The van der Waals surface area contributed by atoms with Gasteiger partial charge in [-0.25, -0.2) is 9.36 Å². The molecule has 0 aliphatic rings. The Hall–Kier alpha value is -1.58. The zero-order chi connectivity index (χ0) is 9.26. The molecule has 0 N–H and O–H groups in total. The van der Waals surface area contributed by atoms with Gasteiger partial charge in [0.1, 0.15) is 6.17 Å². The Morgan fingerprint density at radius 2 is 2.15 bits per heavy atom. The highest BCUT2D eigenvalue weighted by Crippen LogP contribution is 2.09. The second-order valence-corrected chi connectivity index (χ2v) is 3.04. The summed E-state index contributed by atoms with van der Waals surface area (Å²) in [4.78, 5) is 0. The zero-order valence-corrected chi connectivity index (χ0v) is 7.75. The van der Waals surface area contributed by atoms with Gasteiger partial charge in [-0.1, -0.05) is 0 Å². The maximum absolute atomic E-state index is 4.23. The van der Waals surface area contributed by atoms with Crippen LogP contribution in [0, 0.1) is 6.92 Å². The van der Waals surface area contributed by atoms with E-state index in [1.54, 1.807) is 12.4 Å². The summed E-state index contributed by atoms with van der Waals surface area (Å²) in [6.07, 6.45) is 5.65. The van der Waals surface area contributed by atoms with E-state index in [-0.39, 0.29) is 6.17 Å². The van der Waals surface area contributed by atoms with Crippen molar-refractivity contribution in [3.8, 4) is 0 Å². The Labute approximate surface area is 76.8 Å². The molecule has 0 bridgehead atoms. The molecule has 4 heteroatoms. The molecule has 4 nitrogen and oxygen atoms in total. The first-order valence-electron chi connectivity index (χ1n) is 4.28. The lowest BCUT2D eigenvalue weighted by atomic mass is 10.4. The molecule has 2 rings (SSSR count). The summed E-state index contributed by atoms with van der Waals surface area (Å²) in [6.45, 7) is 4.10. The number of hydrogen-bond donors (Lipinski definition) is 0. The van der Waals surface area contributed by atoms with Crippen LogP contribution in [0.3, 0.4) is 0 Å². The number of hydrogen-bond acceptors (Lipinski definition) is 2. The van der Waals surface area contributed by atoms with E-state index < -0.39 is 0 Å².